The first kappa shape index (κ1) is 15.0. The standard InChI is InChI=1S/C15H18BrNO3/c1-10-13(15(19)20)7-8-17(10)14(18)6-5-11-3-2-4-12(16)9-11/h2-4,9-10,13H,5-8H2,1H3,(H,19,20). The van der Waals surface area contributed by atoms with Gasteiger partial charge in [0.2, 0.25) is 5.91 Å². The summed E-state index contributed by atoms with van der Waals surface area (Å²) in [5.74, 6) is -1.19. The number of carboxylic acid groups (broad SMARTS) is 1. The zero-order chi connectivity index (χ0) is 14.7. The molecule has 1 fully saturated rings. The Morgan fingerprint density at radius 2 is 2.20 bits per heavy atom. The number of benzene rings is 1. The largest absolute Gasteiger partial charge is 0.481 e. The summed E-state index contributed by atoms with van der Waals surface area (Å²) in [5.41, 5.74) is 1.11. The average Bonchev–Trinajstić information content (AvgIpc) is 2.78. The van der Waals surface area contributed by atoms with Gasteiger partial charge in [-0.25, -0.2) is 0 Å². The molecule has 0 radical (unpaired) electrons. The fourth-order valence-electron chi connectivity index (χ4n) is 2.71. The van der Waals surface area contributed by atoms with Crippen LogP contribution in [0.5, 0.6) is 0 Å². The number of rotatable bonds is 4. The van der Waals surface area contributed by atoms with Crippen LogP contribution in [0.2, 0.25) is 0 Å². The first-order valence-electron chi connectivity index (χ1n) is 6.75. The van der Waals surface area contributed by atoms with Crippen molar-refractivity contribution in [2.24, 2.45) is 5.92 Å². The smallest absolute Gasteiger partial charge is 0.308 e. The average molecular weight is 340 g/mol. The highest BCUT2D eigenvalue weighted by Gasteiger charge is 2.37. The molecule has 1 aliphatic heterocycles. The molecule has 1 aromatic rings. The Hall–Kier alpha value is -1.36. The lowest BCUT2D eigenvalue weighted by atomic mass is 10.0. The topological polar surface area (TPSA) is 57.6 Å². The summed E-state index contributed by atoms with van der Waals surface area (Å²) in [4.78, 5) is 25.0. The van der Waals surface area contributed by atoms with E-state index in [9.17, 15) is 9.59 Å². The van der Waals surface area contributed by atoms with Crippen molar-refractivity contribution in [1.29, 1.82) is 0 Å². The van der Waals surface area contributed by atoms with Crippen LogP contribution in [0.25, 0.3) is 0 Å². The lowest BCUT2D eigenvalue weighted by molar-refractivity contribution is -0.143. The molecule has 1 aliphatic rings. The van der Waals surface area contributed by atoms with Crippen LogP contribution >= 0.6 is 15.9 Å². The monoisotopic (exact) mass is 339 g/mol. The lowest BCUT2D eigenvalue weighted by Crippen LogP contribution is -2.37. The van der Waals surface area contributed by atoms with Crippen molar-refractivity contribution in [2.75, 3.05) is 6.54 Å². The van der Waals surface area contributed by atoms with Gasteiger partial charge in [-0.1, -0.05) is 28.1 Å². The van der Waals surface area contributed by atoms with Crippen LogP contribution in [0.1, 0.15) is 25.3 Å². The maximum absolute atomic E-state index is 12.2. The van der Waals surface area contributed by atoms with Crippen molar-refractivity contribution in [3.8, 4) is 0 Å². The van der Waals surface area contributed by atoms with Gasteiger partial charge in [-0.15, -0.1) is 0 Å². The van der Waals surface area contributed by atoms with E-state index in [-0.39, 0.29) is 11.9 Å². The Morgan fingerprint density at radius 1 is 1.45 bits per heavy atom. The van der Waals surface area contributed by atoms with Crippen molar-refractivity contribution in [3.05, 3.63) is 34.3 Å². The summed E-state index contributed by atoms with van der Waals surface area (Å²) in [6, 6.07) is 7.68. The summed E-state index contributed by atoms with van der Waals surface area (Å²) in [6.07, 6.45) is 1.66. The molecule has 1 saturated heterocycles. The van der Waals surface area contributed by atoms with E-state index < -0.39 is 11.9 Å². The second-order valence-corrected chi connectivity index (χ2v) is 6.11. The van der Waals surface area contributed by atoms with Gasteiger partial charge in [-0.2, -0.15) is 0 Å². The lowest BCUT2D eigenvalue weighted by Gasteiger charge is -2.23. The number of hydrogen-bond donors (Lipinski definition) is 1. The molecule has 1 amide bonds. The van der Waals surface area contributed by atoms with Crippen LogP contribution in [-0.2, 0) is 16.0 Å². The van der Waals surface area contributed by atoms with Crippen molar-refractivity contribution < 1.29 is 14.7 Å². The molecule has 0 saturated carbocycles. The van der Waals surface area contributed by atoms with Gasteiger partial charge in [0.15, 0.2) is 0 Å². The number of carbonyl (C=O) groups excluding carboxylic acids is 1. The Kier molecular flexibility index (Phi) is 4.81. The van der Waals surface area contributed by atoms with Crippen molar-refractivity contribution in [3.63, 3.8) is 0 Å². The Labute approximate surface area is 126 Å². The highest BCUT2D eigenvalue weighted by atomic mass is 79.9. The van der Waals surface area contributed by atoms with E-state index in [1.807, 2.05) is 31.2 Å². The van der Waals surface area contributed by atoms with Gasteiger partial charge in [0.05, 0.1) is 5.92 Å². The van der Waals surface area contributed by atoms with E-state index in [1.54, 1.807) is 4.90 Å². The van der Waals surface area contributed by atoms with Crippen molar-refractivity contribution >= 4 is 27.8 Å². The highest BCUT2D eigenvalue weighted by Crippen LogP contribution is 2.25. The van der Waals surface area contributed by atoms with Crippen molar-refractivity contribution in [1.82, 2.24) is 4.90 Å². The summed E-state index contributed by atoms with van der Waals surface area (Å²) in [7, 11) is 0. The van der Waals surface area contributed by atoms with Crippen molar-refractivity contribution in [2.45, 2.75) is 32.2 Å². The van der Waals surface area contributed by atoms with Gasteiger partial charge in [0.25, 0.3) is 0 Å². The van der Waals surface area contributed by atoms with Crippen LogP contribution in [-0.4, -0.2) is 34.5 Å². The maximum Gasteiger partial charge on any atom is 0.308 e. The van der Waals surface area contributed by atoms with Gasteiger partial charge in [0, 0.05) is 23.5 Å². The Balaban J connectivity index is 1.91. The molecule has 2 atom stereocenters. The van der Waals surface area contributed by atoms with Gasteiger partial charge in [0.1, 0.15) is 0 Å². The van der Waals surface area contributed by atoms with Crippen LogP contribution in [0, 0.1) is 5.92 Å². The number of likely N-dealkylation sites (tertiary alicyclic amines) is 1. The molecule has 0 aliphatic carbocycles. The fourth-order valence-corrected chi connectivity index (χ4v) is 3.16. The highest BCUT2D eigenvalue weighted by molar-refractivity contribution is 9.10. The minimum Gasteiger partial charge on any atom is -0.481 e. The van der Waals surface area contributed by atoms with Crippen LogP contribution in [0.3, 0.4) is 0 Å². The quantitative estimate of drug-likeness (QED) is 0.917. The number of amides is 1. The fraction of sp³-hybridized carbons (Fsp3) is 0.467. The van der Waals surface area contributed by atoms with E-state index in [2.05, 4.69) is 15.9 Å². The second kappa shape index (κ2) is 6.39. The molecule has 4 nitrogen and oxygen atoms in total. The molecular weight excluding hydrogens is 322 g/mol. The number of nitrogens with zero attached hydrogens (tertiary/aromatic N) is 1. The summed E-state index contributed by atoms with van der Waals surface area (Å²) in [5, 5.41) is 9.08. The number of halogens is 1. The van der Waals surface area contributed by atoms with Gasteiger partial charge in [-0.3, -0.25) is 9.59 Å². The molecule has 0 spiro atoms. The first-order chi connectivity index (χ1) is 9.49. The zero-order valence-corrected chi connectivity index (χ0v) is 13.0. The molecule has 20 heavy (non-hydrogen) atoms. The summed E-state index contributed by atoms with van der Waals surface area (Å²) >= 11 is 3.41. The van der Waals surface area contributed by atoms with Crippen LogP contribution in [0.15, 0.2) is 28.7 Å². The SMILES string of the molecule is CC1C(C(=O)O)CCN1C(=O)CCc1cccc(Br)c1. The zero-order valence-electron chi connectivity index (χ0n) is 11.4. The third-order valence-corrected chi connectivity index (χ3v) is 4.40. The Bertz CT molecular complexity index is 518. The maximum atomic E-state index is 12.2. The number of carboxylic acids is 1. The predicted molar refractivity (Wildman–Crippen MR) is 79.4 cm³/mol. The number of carbonyl (C=O) groups is 2. The molecule has 1 heterocycles. The Morgan fingerprint density at radius 3 is 2.80 bits per heavy atom. The molecule has 1 N–H and O–H groups in total. The van der Waals surface area contributed by atoms with E-state index in [0.29, 0.717) is 25.8 Å². The number of hydrogen-bond acceptors (Lipinski definition) is 2. The van der Waals surface area contributed by atoms with Gasteiger partial charge in [-0.05, 0) is 37.5 Å². The minimum atomic E-state index is -0.806. The molecule has 0 aromatic heterocycles. The third-order valence-electron chi connectivity index (χ3n) is 3.91. The van der Waals surface area contributed by atoms with E-state index in [1.165, 1.54) is 0 Å². The molecular formula is C15H18BrNO3. The van der Waals surface area contributed by atoms with E-state index in [0.717, 1.165) is 10.0 Å². The van der Waals surface area contributed by atoms with Crippen LogP contribution in [0.4, 0.5) is 0 Å². The molecule has 1 aromatic carbocycles. The van der Waals surface area contributed by atoms with Crippen LogP contribution < -0.4 is 0 Å². The van der Waals surface area contributed by atoms with E-state index in [4.69, 9.17) is 5.11 Å². The third kappa shape index (κ3) is 3.39. The summed E-state index contributed by atoms with van der Waals surface area (Å²) in [6.45, 7) is 2.37. The molecule has 5 heteroatoms. The normalized spacial score (nSPS) is 22.0. The summed E-state index contributed by atoms with van der Waals surface area (Å²) < 4.78 is 1.00. The van der Waals surface area contributed by atoms with Gasteiger partial charge >= 0.3 is 5.97 Å². The molecule has 108 valence electrons. The number of aryl methyl sites for hydroxylation is 1. The number of aliphatic carboxylic acids is 1. The molecule has 2 unspecified atom stereocenters. The first-order valence-corrected chi connectivity index (χ1v) is 7.55. The minimum absolute atomic E-state index is 0.0428. The molecule has 0 bridgehead atoms. The van der Waals surface area contributed by atoms with E-state index >= 15 is 0 Å². The predicted octanol–water partition coefficient (Wildman–Crippen LogP) is 2.70. The van der Waals surface area contributed by atoms with Gasteiger partial charge < -0.3 is 10.0 Å². The second-order valence-electron chi connectivity index (χ2n) is 5.19. The molecule has 2 rings (SSSR count).